The van der Waals surface area contributed by atoms with Gasteiger partial charge in [-0.25, -0.2) is 23.2 Å². The van der Waals surface area contributed by atoms with Gasteiger partial charge in [0.1, 0.15) is 17.1 Å². The number of rotatable bonds is 6. The number of nitrogens with zero attached hydrogens (tertiary/aromatic N) is 4. The molecule has 0 aliphatic carbocycles. The van der Waals surface area contributed by atoms with Crippen molar-refractivity contribution in [2.45, 2.75) is 52.5 Å². The second kappa shape index (κ2) is 11.2. The lowest BCUT2D eigenvalue weighted by atomic mass is 10.0. The van der Waals surface area contributed by atoms with E-state index in [1.807, 2.05) is 37.3 Å². The molecule has 0 spiro atoms. The Kier molecular flexibility index (Phi) is 8.17. The maximum Gasteiger partial charge on any atom is 0.342 e. The summed E-state index contributed by atoms with van der Waals surface area (Å²) in [6, 6.07) is 12.3. The zero-order valence-electron chi connectivity index (χ0n) is 23.2. The maximum absolute atomic E-state index is 13.8. The van der Waals surface area contributed by atoms with Crippen LogP contribution >= 0.6 is 0 Å². The number of amides is 1. The third kappa shape index (κ3) is 5.58. The number of benzene rings is 2. The summed E-state index contributed by atoms with van der Waals surface area (Å²) in [5.74, 6) is -0.809. The van der Waals surface area contributed by atoms with Crippen molar-refractivity contribution in [3.05, 3.63) is 76.2 Å². The first-order valence-corrected chi connectivity index (χ1v) is 14.4. The van der Waals surface area contributed by atoms with Gasteiger partial charge in [-0.2, -0.15) is 4.31 Å². The van der Waals surface area contributed by atoms with E-state index in [0.29, 0.717) is 33.1 Å². The van der Waals surface area contributed by atoms with Crippen LogP contribution in [0.4, 0.5) is 0 Å². The highest BCUT2D eigenvalue weighted by Crippen LogP contribution is 2.30. The van der Waals surface area contributed by atoms with Gasteiger partial charge in [0.2, 0.25) is 10.0 Å². The van der Waals surface area contributed by atoms with E-state index in [9.17, 15) is 18.0 Å². The number of hydrogen-bond acceptors (Lipinski definition) is 7. The first-order chi connectivity index (χ1) is 18.4. The molecule has 1 unspecified atom stereocenters. The lowest BCUT2D eigenvalue weighted by Gasteiger charge is -2.39. The molecule has 2 heterocycles. The third-order valence-corrected chi connectivity index (χ3v) is 9.10. The first-order valence-electron chi connectivity index (χ1n) is 13.0. The van der Waals surface area contributed by atoms with E-state index in [1.165, 1.54) is 4.31 Å². The van der Waals surface area contributed by atoms with E-state index in [4.69, 9.17) is 4.74 Å². The zero-order valence-corrected chi connectivity index (χ0v) is 24.0. The average molecular weight is 551 g/mol. The number of esters is 1. The molecule has 206 valence electrons. The molecule has 10 heteroatoms. The van der Waals surface area contributed by atoms with Gasteiger partial charge >= 0.3 is 5.97 Å². The van der Waals surface area contributed by atoms with Crippen LogP contribution in [0.3, 0.4) is 0 Å². The van der Waals surface area contributed by atoms with Gasteiger partial charge in [-0.15, -0.1) is 0 Å². The third-order valence-electron chi connectivity index (χ3n) is 6.78. The summed E-state index contributed by atoms with van der Waals surface area (Å²) in [5.41, 5.74) is 3.34. The molecule has 1 amide bonds. The first kappa shape index (κ1) is 28.4. The van der Waals surface area contributed by atoms with Crippen molar-refractivity contribution in [1.82, 2.24) is 19.2 Å². The second-order valence-corrected chi connectivity index (χ2v) is 11.7. The predicted octanol–water partition coefficient (Wildman–Crippen LogP) is 4.09. The molecule has 0 radical (unpaired) electrons. The van der Waals surface area contributed by atoms with E-state index in [1.54, 1.807) is 51.7 Å². The summed E-state index contributed by atoms with van der Waals surface area (Å²) in [6.45, 7) is 11.2. The molecule has 1 fully saturated rings. The normalized spacial score (nSPS) is 16.3. The van der Waals surface area contributed by atoms with Crippen LogP contribution in [0.5, 0.6) is 0 Å². The topological polar surface area (TPSA) is 110 Å². The number of aromatic nitrogens is 2. The molecule has 0 N–H and O–H groups in total. The number of aryl methyl sites for hydroxylation is 4. The zero-order chi connectivity index (χ0) is 28.5. The van der Waals surface area contributed by atoms with Crippen LogP contribution < -0.4 is 0 Å². The van der Waals surface area contributed by atoms with Crippen LogP contribution in [-0.2, 0) is 14.8 Å². The Balaban J connectivity index is 1.68. The molecule has 3 aromatic rings. The van der Waals surface area contributed by atoms with E-state index in [-0.39, 0.29) is 37.5 Å². The van der Waals surface area contributed by atoms with Crippen LogP contribution in [0.2, 0.25) is 0 Å². The number of hydrogen-bond donors (Lipinski definition) is 0. The predicted molar refractivity (Wildman–Crippen MR) is 148 cm³/mol. The Morgan fingerprint density at radius 2 is 1.64 bits per heavy atom. The van der Waals surface area contributed by atoms with Gasteiger partial charge in [0.05, 0.1) is 17.2 Å². The molecule has 0 bridgehead atoms. The number of piperazine rings is 1. The summed E-state index contributed by atoms with van der Waals surface area (Å²) in [4.78, 5) is 37.6. The second-order valence-electron chi connectivity index (χ2n) is 9.87. The van der Waals surface area contributed by atoms with Crippen molar-refractivity contribution in [2.75, 3.05) is 26.2 Å². The summed E-state index contributed by atoms with van der Waals surface area (Å²) >= 11 is 0. The largest absolute Gasteiger partial charge is 0.462 e. The molecule has 1 atom stereocenters. The molecule has 1 aromatic heterocycles. The quantitative estimate of drug-likeness (QED) is 0.425. The van der Waals surface area contributed by atoms with Crippen LogP contribution in [0.1, 0.15) is 57.2 Å². The van der Waals surface area contributed by atoms with Crippen molar-refractivity contribution < 1.29 is 22.7 Å². The van der Waals surface area contributed by atoms with E-state index in [0.717, 1.165) is 5.56 Å². The molecule has 1 aliphatic heterocycles. The highest BCUT2D eigenvalue weighted by atomic mass is 32.2. The van der Waals surface area contributed by atoms with Crippen molar-refractivity contribution in [1.29, 1.82) is 0 Å². The van der Waals surface area contributed by atoms with Gasteiger partial charge in [0.15, 0.2) is 0 Å². The molecule has 39 heavy (non-hydrogen) atoms. The molecule has 1 aliphatic rings. The van der Waals surface area contributed by atoms with Crippen LogP contribution in [-0.4, -0.2) is 71.8 Å². The van der Waals surface area contributed by atoms with E-state index in [2.05, 4.69) is 9.97 Å². The Labute approximate surface area is 229 Å². The van der Waals surface area contributed by atoms with Crippen molar-refractivity contribution in [3.63, 3.8) is 0 Å². The lowest BCUT2D eigenvalue weighted by molar-refractivity contribution is 0.0511. The van der Waals surface area contributed by atoms with Crippen LogP contribution in [0.15, 0.2) is 47.4 Å². The molecular weight excluding hydrogens is 516 g/mol. The minimum atomic E-state index is -3.79. The monoisotopic (exact) mass is 550 g/mol. The highest BCUT2D eigenvalue weighted by Gasteiger charge is 2.38. The van der Waals surface area contributed by atoms with Crippen LogP contribution in [0.25, 0.3) is 11.3 Å². The van der Waals surface area contributed by atoms with Gasteiger partial charge in [-0.1, -0.05) is 48.0 Å². The molecule has 2 aromatic carbocycles. The molecular formula is C29H34N4O5S. The summed E-state index contributed by atoms with van der Waals surface area (Å²) in [6.07, 6.45) is 0. The van der Waals surface area contributed by atoms with Gasteiger partial charge in [-0.3, -0.25) is 4.79 Å². The molecule has 0 saturated carbocycles. The fourth-order valence-electron chi connectivity index (χ4n) is 5.25. The Hall–Kier alpha value is -3.63. The summed E-state index contributed by atoms with van der Waals surface area (Å²) < 4.78 is 34.1. The highest BCUT2D eigenvalue weighted by molar-refractivity contribution is 7.89. The minimum absolute atomic E-state index is 0.00672. The SMILES string of the molecule is CCOC(=O)c1c(C(=O)N2CCN(S(=O)(=O)c3c(C)cc(C)cc3C)C(C)C2)nc(C)nc1-c1ccccc1. The summed E-state index contributed by atoms with van der Waals surface area (Å²) in [5, 5.41) is 0. The van der Waals surface area contributed by atoms with Gasteiger partial charge < -0.3 is 9.64 Å². The van der Waals surface area contributed by atoms with E-state index >= 15 is 0 Å². The fourth-order valence-corrected chi connectivity index (χ4v) is 7.28. The van der Waals surface area contributed by atoms with Crippen LogP contribution in [0, 0.1) is 27.7 Å². The van der Waals surface area contributed by atoms with Gasteiger partial charge in [0.25, 0.3) is 5.91 Å². The van der Waals surface area contributed by atoms with E-state index < -0.39 is 27.9 Å². The van der Waals surface area contributed by atoms with Crippen molar-refractivity contribution in [3.8, 4) is 11.3 Å². The van der Waals surface area contributed by atoms with Crippen molar-refractivity contribution in [2.24, 2.45) is 0 Å². The standard InChI is InChI=1S/C29H34N4O5S/c1-7-38-29(35)24-25(23-11-9-8-10-12-23)30-22(6)31-26(24)28(34)32-13-14-33(21(5)17-32)39(36,37)27-19(3)15-18(2)16-20(27)4/h8-12,15-16,21H,7,13-14,17H2,1-6H3. The Bertz CT molecular complexity index is 1500. The maximum atomic E-state index is 13.8. The molecule has 4 rings (SSSR count). The number of ether oxygens (including phenoxy) is 1. The van der Waals surface area contributed by atoms with Gasteiger partial charge in [-0.05, 0) is 52.7 Å². The van der Waals surface area contributed by atoms with Crippen molar-refractivity contribution >= 4 is 21.9 Å². The average Bonchev–Trinajstić information content (AvgIpc) is 2.87. The minimum Gasteiger partial charge on any atom is -0.462 e. The Morgan fingerprint density at radius 1 is 1.00 bits per heavy atom. The number of sulfonamides is 1. The lowest BCUT2D eigenvalue weighted by Crippen LogP contribution is -2.55. The Morgan fingerprint density at radius 3 is 2.23 bits per heavy atom. The smallest absolute Gasteiger partial charge is 0.342 e. The number of carbonyl (C=O) groups excluding carboxylic acids is 2. The van der Waals surface area contributed by atoms with Gasteiger partial charge in [0, 0.05) is 31.2 Å². The molecule has 9 nitrogen and oxygen atoms in total. The summed E-state index contributed by atoms with van der Waals surface area (Å²) in [7, 11) is -3.79. The number of carbonyl (C=O) groups is 2. The molecule has 1 saturated heterocycles. The fraction of sp³-hybridized carbons (Fsp3) is 0.379.